The van der Waals surface area contributed by atoms with Gasteiger partial charge >= 0.3 is 11.9 Å². The number of rotatable bonds is 9. The van der Waals surface area contributed by atoms with Crippen LogP contribution in [0.25, 0.3) is 11.4 Å². The molecule has 34 heavy (non-hydrogen) atoms. The summed E-state index contributed by atoms with van der Waals surface area (Å²) in [5, 5.41) is 17.8. The Bertz CT molecular complexity index is 1010. The molecular formula is C25H36N4O5. The molecule has 0 radical (unpaired) electrons. The Balaban J connectivity index is 1.63. The van der Waals surface area contributed by atoms with Crippen molar-refractivity contribution in [3.05, 3.63) is 23.5 Å². The molecule has 1 N–H and O–H groups in total. The summed E-state index contributed by atoms with van der Waals surface area (Å²) >= 11 is 0. The number of aromatic nitrogens is 4. The van der Waals surface area contributed by atoms with E-state index in [1.807, 2.05) is 46.9 Å². The first-order valence-electron chi connectivity index (χ1n) is 11.9. The minimum absolute atomic E-state index is 0.0524. The zero-order chi connectivity index (χ0) is 24.9. The highest BCUT2D eigenvalue weighted by Gasteiger charge is 2.28. The Morgan fingerprint density at radius 2 is 2.00 bits per heavy atom. The van der Waals surface area contributed by atoms with Crippen LogP contribution < -0.4 is 4.74 Å². The van der Waals surface area contributed by atoms with E-state index in [1.165, 1.54) is 0 Å². The number of carbonyl (C=O) groups excluding carboxylic acids is 1. The molecule has 2 heterocycles. The van der Waals surface area contributed by atoms with Crippen LogP contribution in [0.15, 0.2) is 12.1 Å². The highest BCUT2D eigenvalue weighted by atomic mass is 16.5. The third-order valence-electron chi connectivity index (χ3n) is 5.95. The van der Waals surface area contributed by atoms with Crippen molar-refractivity contribution in [3.63, 3.8) is 0 Å². The second-order valence-electron chi connectivity index (χ2n) is 10.3. The van der Waals surface area contributed by atoms with E-state index in [0.717, 1.165) is 24.2 Å². The van der Waals surface area contributed by atoms with E-state index in [1.54, 1.807) is 4.68 Å². The molecule has 9 heteroatoms. The van der Waals surface area contributed by atoms with Crippen molar-refractivity contribution in [2.45, 2.75) is 78.7 Å². The molecule has 0 amide bonds. The molecule has 0 aliphatic heterocycles. The topological polar surface area (TPSA) is 116 Å². The van der Waals surface area contributed by atoms with E-state index in [4.69, 9.17) is 9.47 Å². The van der Waals surface area contributed by atoms with Crippen LogP contribution in [0.5, 0.6) is 5.75 Å². The Hall–Kier alpha value is -2.97. The first-order chi connectivity index (χ1) is 16.0. The maximum atomic E-state index is 12.0. The number of hydrogen-bond acceptors (Lipinski definition) is 7. The lowest BCUT2D eigenvalue weighted by molar-refractivity contribution is -0.146. The fourth-order valence-electron chi connectivity index (χ4n) is 4.09. The summed E-state index contributed by atoms with van der Waals surface area (Å²) in [6.45, 7) is 8.36. The summed E-state index contributed by atoms with van der Waals surface area (Å²) in [6.07, 6.45) is 4.38. The van der Waals surface area contributed by atoms with Gasteiger partial charge in [-0.25, -0.2) is 4.98 Å². The minimum atomic E-state index is -0.754. The Labute approximate surface area is 200 Å². The van der Waals surface area contributed by atoms with Crippen LogP contribution >= 0.6 is 0 Å². The van der Waals surface area contributed by atoms with Crippen molar-refractivity contribution in [1.29, 1.82) is 0 Å². The number of carboxylic acid groups (broad SMARTS) is 1. The zero-order valence-electron chi connectivity index (χ0n) is 20.8. The van der Waals surface area contributed by atoms with Gasteiger partial charge in [-0.1, -0.05) is 26.0 Å². The van der Waals surface area contributed by atoms with Gasteiger partial charge in [-0.3, -0.25) is 14.3 Å². The van der Waals surface area contributed by atoms with Gasteiger partial charge in [-0.15, -0.1) is 5.10 Å². The fourth-order valence-corrected chi connectivity index (χ4v) is 4.09. The number of pyridine rings is 1. The first kappa shape index (κ1) is 25.6. The molecule has 0 spiro atoms. The number of esters is 1. The monoisotopic (exact) mass is 472 g/mol. The lowest BCUT2D eigenvalue weighted by Gasteiger charge is -2.27. The summed E-state index contributed by atoms with van der Waals surface area (Å²) in [6, 6.07) is 3.72. The van der Waals surface area contributed by atoms with Gasteiger partial charge < -0.3 is 14.6 Å². The molecule has 2 aromatic heterocycles. The van der Waals surface area contributed by atoms with Gasteiger partial charge in [0.15, 0.2) is 0 Å². The second-order valence-corrected chi connectivity index (χ2v) is 10.3. The third kappa shape index (κ3) is 7.01. The number of carbonyl (C=O) groups is 2. The van der Waals surface area contributed by atoms with Crippen molar-refractivity contribution in [2.24, 2.45) is 18.4 Å². The molecule has 1 saturated carbocycles. The molecular weight excluding hydrogens is 436 g/mol. The second kappa shape index (κ2) is 11.0. The molecule has 0 unspecified atom stereocenters. The molecule has 1 fully saturated rings. The summed E-state index contributed by atoms with van der Waals surface area (Å²) in [7, 11) is 1.83. The quantitative estimate of drug-likeness (QED) is 0.542. The summed E-state index contributed by atoms with van der Waals surface area (Å²) in [5.74, 6) is -0.642. The van der Waals surface area contributed by atoms with Crippen LogP contribution in [0.1, 0.15) is 70.7 Å². The van der Waals surface area contributed by atoms with Crippen LogP contribution in [0.2, 0.25) is 0 Å². The molecule has 0 bridgehead atoms. The summed E-state index contributed by atoms with van der Waals surface area (Å²) in [5.41, 5.74) is 2.94. The number of ether oxygens (including phenoxy) is 2. The fraction of sp³-hybridized carbons (Fsp3) is 0.640. The van der Waals surface area contributed by atoms with Gasteiger partial charge in [-0.05, 0) is 63.0 Å². The van der Waals surface area contributed by atoms with E-state index in [9.17, 15) is 14.7 Å². The summed E-state index contributed by atoms with van der Waals surface area (Å²) < 4.78 is 13.2. The lowest BCUT2D eigenvalue weighted by Crippen LogP contribution is -2.29. The van der Waals surface area contributed by atoms with E-state index in [-0.39, 0.29) is 23.4 Å². The van der Waals surface area contributed by atoms with Crippen molar-refractivity contribution < 1.29 is 24.2 Å². The molecule has 0 aromatic carbocycles. The zero-order valence-corrected chi connectivity index (χ0v) is 20.8. The Kier molecular flexibility index (Phi) is 8.28. The molecule has 2 atom stereocenters. The number of aliphatic carboxylic acids is 1. The van der Waals surface area contributed by atoms with Crippen molar-refractivity contribution in [2.75, 3.05) is 6.61 Å². The van der Waals surface area contributed by atoms with E-state index in [2.05, 4.69) is 15.3 Å². The van der Waals surface area contributed by atoms with Gasteiger partial charge in [0.05, 0.1) is 35.7 Å². The van der Waals surface area contributed by atoms with Gasteiger partial charge in [0.1, 0.15) is 11.4 Å². The van der Waals surface area contributed by atoms with Crippen molar-refractivity contribution >= 4 is 11.9 Å². The standard InChI is InChI=1S/C25H36N4O5/c1-16-21(34-18-9-6-8-17(14-18)24(31)32)13-12-19(26-16)23-20(29(5)28-27-23)10-7-11-22(30)33-15-25(2,3)4/h12-13,17-18H,6-11,14-15H2,1-5H3,(H,31,32)/t17-,18-/m0/s1. The van der Waals surface area contributed by atoms with Gasteiger partial charge in [0.25, 0.3) is 0 Å². The van der Waals surface area contributed by atoms with E-state index < -0.39 is 5.97 Å². The van der Waals surface area contributed by atoms with Crippen LogP contribution in [-0.4, -0.2) is 49.7 Å². The van der Waals surface area contributed by atoms with Gasteiger partial charge in [-0.2, -0.15) is 0 Å². The van der Waals surface area contributed by atoms with Crippen LogP contribution in [0, 0.1) is 18.3 Å². The predicted molar refractivity (Wildman–Crippen MR) is 126 cm³/mol. The largest absolute Gasteiger partial charge is 0.489 e. The highest BCUT2D eigenvalue weighted by Crippen LogP contribution is 2.30. The SMILES string of the molecule is Cc1nc(-c2nnn(C)c2CCCC(=O)OCC(C)(C)C)ccc1O[C@H]1CCC[C@H](C(=O)O)C1. The minimum Gasteiger partial charge on any atom is -0.489 e. The van der Waals surface area contributed by atoms with E-state index >= 15 is 0 Å². The predicted octanol–water partition coefficient (Wildman–Crippen LogP) is 4.12. The van der Waals surface area contributed by atoms with Crippen molar-refractivity contribution in [3.8, 4) is 17.1 Å². The smallest absolute Gasteiger partial charge is 0.306 e. The van der Waals surface area contributed by atoms with Gasteiger partial charge in [0, 0.05) is 13.5 Å². The molecule has 0 saturated heterocycles. The normalized spacial score (nSPS) is 18.5. The number of nitrogens with zero attached hydrogens (tertiary/aromatic N) is 4. The first-order valence-corrected chi connectivity index (χ1v) is 11.9. The Morgan fingerprint density at radius 1 is 1.24 bits per heavy atom. The average molecular weight is 473 g/mol. The maximum absolute atomic E-state index is 12.0. The van der Waals surface area contributed by atoms with Crippen LogP contribution in [0.3, 0.4) is 0 Å². The van der Waals surface area contributed by atoms with Crippen LogP contribution in [0.4, 0.5) is 0 Å². The third-order valence-corrected chi connectivity index (χ3v) is 5.95. The van der Waals surface area contributed by atoms with Crippen molar-refractivity contribution in [1.82, 2.24) is 20.0 Å². The number of carboxylic acids is 1. The molecule has 3 rings (SSSR count). The Morgan fingerprint density at radius 3 is 2.68 bits per heavy atom. The summed E-state index contributed by atoms with van der Waals surface area (Å²) in [4.78, 5) is 28.1. The molecule has 2 aromatic rings. The lowest BCUT2D eigenvalue weighted by atomic mass is 9.87. The number of aryl methyl sites for hydroxylation is 2. The molecule has 1 aliphatic rings. The molecule has 186 valence electrons. The van der Waals surface area contributed by atoms with E-state index in [0.29, 0.717) is 55.8 Å². The molecule has 1 aliphatic carbocycles. The highest BCUT2D eigenvalue weighted by molar-refractivity contribution is 5.70. The maximum Gasteiger partial charge on any atom is 0.306 e. The average Bonchev–Trinajstić information content (AvgIpc) is 3.14. The van der Waals surface area contributed by atoms with Gasteiger partial charge in [0.2, 0.25) is 0 Å². The molecule has 9 nitrogen and oxygen atoms in total. The van der Waals surface area contributed by atoms with Crippen LogP contribution in [-0.2, 0) is 27.8 Å². The number of hydrogen-bond donors (Lipinski definition) is 1.